The van der Waals surface area contributed by atoms with Gasteiger partial charge >= 0.3 is 6.03 Å². The second-order valence-corrected chi connectivity index (χ2v) is 11.3. The molecule has 1 unspecified atom stereocenters. The number of aromatic nitrogens is 4. The molecule has 0 fully saturated rings. The summed E-state index contributed by atoms with van der Waals surface area (Å²) in [5.41, 5.74) is 10.1. The SMILES string of the molecule is C#Cc1cc(Nc2nccc(Oc3ccc(NC(=O)Nc4cc(C(C)C)nn4-c4ccc(C)cc4)c(Cl)c3Cl)n2)cc(C(N)O)c1. The normalized spacial score (nSPS) is 11.5. The zero-order valence-electron chi connectivity index (χ0n) is 25.0. The van der Waals surface area contributed by atoms with Gasteiger partial charge in [0.05, 0.1) is 22.1 Å². The van der Waals surface area contributed by atoms with Gasteiger partial charge in [0, 0.05) is 29.6 Å². The molecule has 11 nitrogen and oxygen atoms in total. The minimum Gasteiger partial charge on any atom is -0.437 e. The number of nitrogens with two attached hydrogens (primary N) is 1. The third kappa shape index (κ3) is 7.56. The lowest BCUT2D eigenvalue weighted by Crippen LogP contribution is -2.21. The van der Waals surface area contributed by atoms with Crippen LogP contribution in [0.1, 0.15) is 48.4 Å². The molecule has 3 aromatic carbocycles. The van der Waals surface area contributed by atoms with Gasteiger partial charge in [0.25, 0.3) is 0 Å². The molecule has 0 saturated heterocycles. The highest BCUT2D eigenvalue weighted by Crippen LogP contribution is 2.39. The van der Waals surface area contributed by atoms with E-state index >= 15 is 0 Å². The van der Waals surface area contributed by atoms with E-state index in [1.165, 1.54) is 12.3 Å². The quantitative estimate of drug-likeness (QED) is 0.0807. The molecule has 2 amide bonds. The number of nitrogens with one attached hydrogen (secondary N) is 3. The first-order valence-electron chi connectivity index (χ1n) is 14.1. The van der Waals surface area contributed by atoms with Crippen LogP contribution in [0.3, 0.4) is 0 Å². The number of terminal acetylenes is 1. The Bertz CT molecular complexity index is 1930. The third-order valence-electron chi connectivity index (χ3n) is 6.70. The summed E-state index contributed by atoms with van der Waals surface area (Å²) < 4.78 is 7.57. The first-order valence-corrected chi connectivity index (χ1v) is 14.8. The van der Waals surface area contributed by atoms with E-state index in [0.717, 1.165) is 16.9 Å². The van der Waals surface area contributed by atoms with Crippen LogP contribution in [0.5, 0.6) is 11.6 Å². The fourth-order valence-electron chi connectivity index (χ4n) is 4.31. The van der Waals surface area contributed by atoms with Crippen LogP contribution in [0.4, 0.5) is 27.9 Å². The fraction of sp³-hybridized carbons (Fsp3) is 0.152. The van der Waals surface area contributed by atoms with Crippen LogP contribution in [0.15, 0.2) is 72.9 Å². The van der Waals surface area contributed by atoms with Crippen LogP contribution in [-0.4, -0.2) is 30.9 Å². The third-order valence-corrected chi connectivity index (χ3v) is 7.56. The number of amides is 2. The molecule has 0 aliphatic heterocycles. The number of hydrogen-bond donors (Lipinski definition) is 5. The number of ether oxygens (including phenoxy) is 1. The molecule has 5 aromatic rings. The van der Waals surface area contributed by atoms with Gasteiger partial charge < -0.3 is 26.2 Å². The first kappa shape index (κ1) is 32.3. The Balaban J connectivity index is 1.30. The number of hydrogen-bond acceptors (Lipinski definition) is 8. The minimum absolute atomic E-state index is 0.0580. The van der Waals surface area contributed by atoms with Crippen LogP contribution >= 0.6 is 23.2 Å². The van der Waals surface area contributed by atoms with Crippen molar-refractivity contribution >= 4 is 52.4 Å². The summed E-state index contributed by atoms with van der Waals surface area (Å²) >= 11 is 13.1. The number of urea groups is 1. The number of halogens is 2. The summed E-state index contributed by atoms with van der Waals surface area (Å²) in [6.45, 7) is 6.05. The molecule has 5 rings (SSSR count). The van der Waals surface area contributed by atoms with Gasteiger partial charge in [-0.25, -0.2) is 14.5 Å². The summed E-state index contributed by atoms with van der Waals surface area (Å²) in [5.74, 6) is 3.69. The summed E-state index contributed by atoms with van der Waals surface area (Å²) in [4.78, 5) is 21.6. The van der Waals surface area contributed by atoms with E-state index < -0.39 is 12.3 Å². The van der Waals surface area contributed by atoms with Gasteiger partial charge in [0.1, 0.15) is 22.8 Å². The predicted octanol–water partition coefficient (Wildman–Crippen LogP) is 7.51. The van der Waals surface area contributed by atoms with Gasteiger partial charge in [-0.15, -0.1) is 6.42 Å². The zero-order valence-corrected chi connectivity index (χ0v) is 26.6. The van der Waals surface area contributed by atoms with Crippen molar-refractivity contribution < 1.29 is 14.6 Å². The number of aliphatic hydroxyl groups is 1. The molecule has 0 saturated carbocycles. The Morgan fingerprint density at radius 3 is 2.50 bits per heavy atom. The lowest BCUT2D eigenvalue weighted by Gasteiger charge is -2.14. The standard InChI is InChI=1S/C33H30Cl2N8O3/c1-5-20-14-21(31(36)44)16-22(15-20)38-32-37-13-12-28(41-32)46-26-11-10-24(29(34)30(26)35)39-33(45)40-27-17-25(18(2)3)42-43(27)23-8-6-19(4)7-9-23/h1,6-18,31,44H,36H2,2-4H3,(H,37,38,41)(H2,39,40,45). The summed E-state index contributed by atoms with van der Waals surface area (Å²) in [7, 11) is 0. The van der Waals surface area contributed by atoms with Crippen molar-refractivity contribution in [2.75, 3.05) is 16.0 Å². The molecule has 0 bridgehead atoms. The Kier molecular flexibility index (Phi) is 9.75. The van der Waals surface area contributed by atoms with Gasteiger partial charge in [-0.1, -0.05) is 60.7 Å². The number of nitrogens with zero attached hydrogens (tertiary/aromatic N) is 4. The Labute approximate surface area is 275 Å². The van der Waals surface area contributed by atoms with Gasteiger partial charge in [0.2, 0.25) is 11.8 Å². The van der Waals surface area contributed by atoms with Crippen molar-refractivity contribution in [3.05, 3.63) is 105 Å². The second kappa shape index (κ2) is 13.9. The van der Waals surface area contributed by atoms with E-state index in [2.05, 4.69) is 36.9 Å². The molecule has 0 aliphatic rings. The summed E-state index contributed by atoms with van der Waals surface area (Å²) in [6.07, 6.45) is 5.80. The Morgan fingerprint density at radius 2 is 1.80 bits per heavy atom. The maximum absolute atomic E-state index is 13.1. The molecule has 13 heteroatoms. The van der Waals surface area contributed by atoms with Crippen molar-refractivity contribution in [2.45, 2.75) is 32.9 Å². The molecule has 1 atom stereocenters. The highest BCUT2D eigenvalue weighted by molar-refractivity contribution is 6.45. The molecule has 2 aromatic heterocycles. The van der Waals surface area contributed by atoms with Gasteiger partial charge in [0.15, 0.2) is 0 Å². The van der Waals surface area contributed by atoms with E-state index in [-0.39, 0.29) is 39.2 Å². The van der Waals surface area contributed by atoms with Crippen molar-refractivity contribution in [3.63, 3.8) is 0 Å². The van der Waals surface area contributed by atoms with E-state index in [1.54, 1.807) is 35.0 Å². The highest BCUT2D eigenvalue weighted by atomic mass is 35.5. The van der Waals surface area contributed by atoms with Gasteiger partial charge in [-0.3, -0.25) is 5.32 Å². The largest absolute Gasteiger partial charge is 0.437 e. The highest BCUT2D eigenvalue weighted by Gasteiger charge is 2.18. The average molecular weight is 658 g/mol. The van der Waals surface area contributed by atoms with E-state index in [1.807, 2.05) is 51.1 Å². The molecular formula is C33H30Cl2N8O3. The number of carbonyl (C=O) groups excluding carboxylic acids is 1. The van der Waals surface area contributed by atoms with Crippen LogP contribution in [0.2, 0.25) is 10.0 Å². The number of aryl methyl sites for hydroxylation is 1. The molecule has 2 heterocycles. The fourth-order valence-corrected chi connectivity index (χ4v) is 4.72. The van der Waals surface area contributed by atoms with Crippen LogP contribution in [-0.2, 0) is 0 Å². The van der Waals surface area contributed by atoms with Crippen molar-refractivity contribution in [2.24, 2.45) is 5.73 Å². The summed E-state index contributed by atoms with van der Waals surface area (Å²) in [5, 5.41) is 23.2. The molecule has 0 radical (unpaired) electrons. The van der Waals surface area contributed by atoms with E-state index in [4.69, 9.17) is 40.1 Å². The van der Waals surface area contributed by atoms with Crippen molar-refractivity contribution in [1.82, 2.24) is 19.7 Å². The lowest BCUT2D eigenvalue weighted by molar-refractivity contribution is 0.186. The maximum atomic E-state index is 13.1. The number of rotatable bonds is 9. The Morgan fingerprint density at radius 1 is 1.04 bits per heavy atom. The molecule has 234 valence electrons. The topological polar surface area (TPSA) is 152 Å². The van der Waals surface area contributed by atoms with Crippen LogP contribution in [0, 0.1) is 19.3 Å². The van der Waals surface area contributed by atoms with E-state index in [0.29, 0.717) is 22.6 Å². The number of benzene rings is 3. The number of anilines is 4. The Hall–Kier alpha value is -5.12. The predicted molar refractivity (Wildman–Crippen MR) is 180 cm³/mol. The molecule has 6 N–H and O–H groups in total. The van der Waals surface area contributed by atoms with Crippen LogP contribution in [0.25, 0.3) is 5.69 Å². The maximum Gasteiger partial charge on any atom is 0.324 e. The molecule has 0 spiro atoms. The van der Waals surface area contributed by atoms with Gasteiger partial charge in [-0.05, 0) is 60.9 Å². The average Bonchev–Trinajstić information content (AvgIpc) is 3.45. The van der Waals surface area contributed by atoms with Crippen LogP contribution < -0.4 is 26.4 Å². The monoisotopic (exact) mass is 656 g/mol. The first-order chi connectivity index (χ1) is 22.0. The van der Waals surface area contributed by atoms with Crippen molar-refractivity contribution in [3.8, 4) is 29.7 Å². The molecule has 0 aliphatic carbocycles. The van der Waals surface area contributed by atoms with E-state index in [9.17, 15) is 9.90 Å². The minimum atomic E-state index is -1.21. The van der Waals surface area contributed by atoms with Gasteiger partial charge in [-0.2, -0.15) is 10.1 Å². The molecular weight excluding hydrogens is 627 g/mol. The summed E-state index contributed by atoms with van der Waals surface area (Å²) in [6, 6.07) is 18.7. The molecule has 46 heavy (non-hydrogen) atoms. The zero-order chi connectivity index (χ0) is 33.0. The number of aliphatic hydroxyl groups excluding tert-OH is 1. The number of carbonyl (C=O) groups is 1. The second-order valence-electron chi connectivity index (χ2n) is 10.6. The lowest BCUT2D eigenvalue weighted by atomic mass is 10.1. The smallest absolute Gasteiger partial charge is 0.324 e. The van der Waals surface area contributed by atoms with Crippen molar-refractivity contribution in [1.29, 1.82) is 0 Å².